The Kier molecular flexibility index (Phi) is 6.65. The first kappa shape index (κ1) is 26.3. The zero-order chi connectivity index (χ0) is 26.8. The van der Waals surface area contributed by atoms with Crippen molar-refractivity contribution in [3.8, 4) is 6.07 Å². The molecule has 0 unspecified atom stereocenters. The molecule has 1 aromatic carbocycles. The van der Waals surface area contributed by atoms with Crippen LogP contribution in [0.1, 0.15) is 85.1 Å². The number of allylic oxidation sites excluding steroid dienone is 1. The molecule has 0 saturated heterocycles. The molecule has 0 bridgehead atoms. The van der Waals surface area contributed by atoms with E-state index in [1.54, 1.807) is 0 Å². The minimum atomic E-state index is -0.186. The summed E-state index contributed by atoms with van der Waals surface area (Å²) >= 11 is 4.82. The number of aliphatic hydroxyl groups excluding tert-OH is 1. The normalized spacial score (nSPS) is 33.3. The summed E-state index contributed by atoms with van der Waals surface area (Å²) in [5, 5.41) is 21.4. The van der Waals surface area contributed by atoms with Crippen LogP contribution in [0.3, 0.4) is 0 Å². The summed E-state index contributed by atoms with van der Waals surface area (Å²) in [6, 6.07) is 9.94. The van der Waals surface area contributed by atoms with Crippen LogP contribution < -0.4 is 0 Å². The van der Waals surface area contributed by atoms with Gasteiger partial charge in [0.15, 0.2) is 5.78 Å². The highest BCUT2D eigenvalue weighted by atomic mass is 79.9. The maximum Gasteiger partial charge on any atom is 0.173 e. The molecule has 2 saturated carbocycles. The largest absolute Gasteiger partial charge is 0.393 e. The Labute approximate surface area is 238 Å². The van der Waals surface area contributed by atoms with E-state index in [0.717, 1.165) is 48.7 Å². The van der Waals surface area contributed by atoms with E-state index in [1.165, 1.54) is 34.9 Å². The van der Waals surface area contributed by atoms with E-state index in [4.69, 9.17) is 4.98 Å². The molecule has 4 aliphatic carbocycles. The lowest BCUT2D eigenvalue weighted by molar-refractivity contribution is -0.0164. The molecule has 198 valence electrons. The monoisotopic (exact) mass is 590 g/mol. The fraction of sp³-hybridized carbons (Fsp3) is 0.531. The second kappa shape index (κ2) is 9.61. The molecule has 6 heteroatoms. The Morgan fingerprint density at radius 3 is 2.63 bits per heavy atom. The molecule has 6 rings (SSSR count). The number of aryl methyl sites for hydroxylation is 1. The molecule has 0 aliphatic heterocycles. The van der Waals surface area contributed by atoms with Crippen LogP contribution in [0.15, 0.2) is 45.4 Å². The Bertz CT molecular complexity index is 1380. The van der Waals surface area contributed by atoms with E-state index in [0.29, 0.717) is 33.9 Å². The van der Waals surface area contributed by atoms with Gasteiger partial charge in [-0.3, -0.25) is 4.79 Å². The molecule has 2 fully saturated rings. The Hall–Kier alpha value is -1.94. The first-order valence-corrected chi connectivity index (χ1v) is 15.7. The minimum Gasteiger partial charge on any atom is -0.393 e. The van der Waals surface area contributed by atoms with Crippen molar-refractivity contribution in [2.45, 2.75) is 82.3 Å². The SMILES string of the molecule is Cc1nc(SCC(=O)c2ccc(Br)cc2)c(C#N)c2c1[C@@]1(C)CC[C@@H]3[C@H](CC=C4C[C@@H](O)CC[C@@]43C)[C@H]1C2. The van der Waals surface area contributed by atoms with E-state index in [9.17, 15) is 15.2 Å². The summed E-state index contributed by atoms with van der Waals surface area (Å²) in [6.45, 7) is 6.98. The number of ketones is 1. The molecular formula is C32H35BrN2O2S. The number of pyridine rings is 1. The summed E-state index contributed by atoms with van der Waals surface area (Å²) in [5.41, 5.74) is 6.59. The van der Waals surface area contributed by atoms with Crippen molar-refractivity contribution in [2.24, 2.45) is 23.2 Å². The van der Waals surface area contributed by atoms with Crippen LogP contribution >= 0.6 is 27.7 Å². The van der Waals surface area contributed by atoms with Crippen molar-refractivity contribution >= 4 is 33.5 Å². The van der Waals surface area contributed by atoms with Gasteiger partial charge in [-0.05, 0) is 104 Å². The number of nitriles is 1. The predicted octanol–water partition coefficient (Wildman–Crippen LogP) is 7.34. The highest BCUT2D eigenvalue weighted by Gasteiger charge is 2.58. The Balaban J connectivity index is 1.31. The predicted molar refractivity (Wildman–Crippen MR) is 154 cm³/mol. The lowest BCUT2D eigenvalue weighted by atomic mass is 9.47. The third-order valence-electron chi connectivity index (χ3n) is 10.5. The fourth-order valence-corrected chi connectivity index (χ4v) is 9.85. The quantitative estimate of drug-likeness (QED) is 0.229. The molecule has 38 heavy (non-hydrogen) atoms. The summed E-state index contributed by atoms with van der Waals surface area (Å²) in [6.07, 6.45) is 9.42. The van der Waals surface area contributed by atoms with Crippen LogP contribution in [0, 0.1) is 41.4 Å². The van der Waals surface area contributed by atoms with Gasteiger partial charge in [0.1, 0.15) is 11.1 Å². The fourth-order valence-electron chi connectivity index (χ4n) is 8.64. The van der Waals surface area contributed by atoms with E-state index >= 15 is 0 Å². The number of thioether (sulfide) groups is 1. The lowest BCUT2D eigenvalue weighted by Crippen LogP contribution is -2.51. The van der Waals surface area contributed by atoms with Crippen LogP contribution in [0.2, 0.25) is 0 Å². The van der Waals surface area contributed by atoms with Crippen molar-refractivity contribution < 1.29 is 9.90 Å². The number of carbonyl (C=O) groups excluding carboxylic acids is 1. The van der Waals surface area contributed by atoms with Crippen molar-refractivity contribution in [3.05, 3.63) is 68.3 Å². The van der Waals surface area contributed by atoms with Gasteiger partial charge in [-0.1, -0.05) is 65.3 Å². The molecule has 4 aliphatic rings. The lowest BCUT2D eigenvalue weighted by Gasteiger charge is -2.57. The van der Waals surface area contributed by atoms with Gasteiger partial charge in [0.05, 0.1) is 17.4 Å². The summed E-state index contributed by atoms with van der Waals surface area (Å²) in [7, 11) is 0. The van der Waals surface area contributed by atoms with Crippen molar-refractivity contribution in [2.75, 3.05) is 5.75 Å². The van der Waals surface area contributed by atoms with Gasteiger partial charge in [-0.15, -0.1) is 0 Å². The van der Waals surface area contributed by atoms with Crippen LogP contribution in [0.25, 0.3) is 0 Å². The number of rotatable bonds is 4. The van der Waals surface area contributed by atoms with Gasteiger partial charge in [0.2, 0.25) is 0 Å². The second-order valence-corrected chi connectivity index (χ2v) is 14.3. The van der Waals surface area contributed by atoms with Crippen molar-refractivity contribution in [1.82, 2.24) is 4.98 Å². The smallest absolute Gasteiger partial charge is 0.173 e. The van der Waals surface area contributed by atoms with Crippen LogP contribution in [0.4, 0.5) is 0 Å². The molecule has 4 nitrogen and oxygen atoms in total. The highest BCUT2D eigenvalue weighted by molar-refractivity contribution is 9.10. The minimum absolute atomic E-state index is 0.0332. The van der Waals surface area contributed by atoms with Gasteiger partial charge in [0, 0.05) is 15.7 Å². The summed E-state index contributed by atoms with van der Waals surface area (Å²) < 4.78 is 0.946. The van der Waals surface area contributed by atoms with E-state index < -0.39 is 0 Å². The van der Waals surface area contributed by atoms with Crippen LogP contribution in [-0.4, -0.2) is 27.7 Å². The molecule has 1 N–H and O–H groups in total. The third-order valence-corrected chi connectivity index (χ3v) is 12.0. The molecule has 1 aromatic heterocycles. The molecular weight excluding hydrogens is 556 g/mol. The number of aliphatic hydroxyl groups is 1. The molecule has 1 heterocycles. The van der Waals surface area contributed by atoms with E-state index in [1.807, 2.05) is 24.3 Å². The maximum absolute atomic E-state index is 12.9. The first-order valence-electron chi connectivity index (χ1n) is 13.9. The standard InChI is InChI=1S/C32H35BrN2O2S/c1-18-29-24(25(16-34)30(35-18)38-17-28(37)19-4-7-21(33)8-5-19)15-27-23-9-6-20-14-22(36)10-12-31(20,2)26(23)11-13-32(27,29)3/h4-8,22-23,26-27,36H,9-15,17H2,1-3H3/t22-,23-,26+,27+,31-,32-/m0/s1. The number of hydrogen-bond donors (Lipinski definition) is 1. The summed E-state index contributed by atoms with van der Waals surface area (Å²) in [5.74, 6) is 2.04. The van der Waals surface area contributed by atoms with Gasteiger partial charge in [-0.2, -0.15) is 5.26 Å². The number of halogens is 1. The summed E-state index contributed by atoms with van der Waals surface area (Å²) in [4.78, 5) is 17.8. The Morgan fingerprint density at radius 1 is 1.16 bits per heavy atom. The van der Waals surface area contributed by atoms with Gasteiger partial charge in [-0.25, -0.2) is 4.98 Å². The highest BCUT2D eigenvalue weighted by Crippen LogP contribution is 2.64. The second-order valence-electron chi connectivity index (χ2n) is 12.4. The topological polar surface area (TPSA) is 74.0 Å². The number of Topliss-reactive ketones (excluding diaryl/α,β-unsaturated/α-hetero) is 1. The number of hydrogen-bond acceptors (Lipinski definition) is 5. The van der Waals surface area contributed by atoms with E-state index in [2.05, 4.69) is 48.8 Å². The maximum atomic E-state index is 12.9. The molecule has 0 spiro atoms. The number of nitrogens with zero attached hydrogens (tertiary/aromatic N) is 2. The third kappa shape index (κ3) is 4.03. The molecule has 0 amide bonds. The first-order chi connectivity index (χ1) is 18.2. The van der Waals surface area contributed by atoms with Gasteiger partial charge in [0.25, 0.3) is 0 Å². The van der Waals surface area contributed by atoms with Gasteiger partial charge < -0.3 is 5.11 Å². The zero-order valence-corrected chi connectivity index (χ0v) is 24.8. The van der Waals surface area contributed by atoms with Crippen molar-refractivity contribution in [1.29, 1.82) is 5.26 Å². The Morgan fingerprint density at radius 2 is 1.89 bits per heavy atom. The van der Waals surface area contributed by atoms with Crippen molar-refractivity contribution in [3.63, 3.8) is 0 Å². The number of aromatic nitrogens is 1. The van der Waals surface area contributed by atoms with E-state index in [-0.39, 0.29) is 28.5 Å². The van der Waals surface area contributed by atoms with Crippen LogP contribution in [0.5, 0.6) is 0 Å². The number of fused-ring (bicyclic) bond motifs is 7. The average Bonchev–Trinajstić information content (AvgIpc) is 3.22. The van der Waals surface area contributed by atoms with Crippen LogP contribution in [-0.2, 0) is 11.8 Å². The van der Waals surface area contributed by atoms with Gasteiger partial charge >= 0.3 is 0 Å². The number of benzene rings is 1. The zero-order valence-electron chi connectivity index (χ0n) is 22.4. The molecule has 0 radical (unpaired) electrons. The number of carbonyl (C=O) groups is 1. The molecule has 6 atom stereocenters. The molecule has 2 aromatic rings. The average molecular weight is 592 g/mol.